The van der Waals surface area contributed by atoms with Crippen LogP contribution < -0.4 is 36.5 Å². The summed E-state index contributed by atoms with van der Waals surface area (Å²) in [7, 11) is -2.95. The van der Waals surface area contributed by atoms with Crippen LogP contribution in [0.3, 0.4) is 0 Å². The number of nitrogens with two attached hydrogens (primary N) is 1. The summed E-state index contributed by atoms with van der Waals surface area (Å²) >= 11 is 0. The number of carbonyl (C=O) groups is 6. The third kappa shape index (κ3) is 16.6. The first-order chi connectivity index (χ1) is 37.9. The van der Waals surface area contributed by atoms with Gasteiger partial charge in [0.15, 0.2) is 0 Å². The number of guanidine groups is 1. The van der Waals surface area contributed by atoms with Crippen molar-refractivity contribution >= 4 is 51.5 Å². The Bertz CT molecular complexity index is 2980. The molecule has 6 rings (SSSR count). The molecule has 20 nitrogen and oxygen atoms in total. The average Bonchev–Trinajstić information content (AvgIpc) is 4.34. The minimum atomic E-state index is -4.17. The monoisotopic (exact) mass is 1120 g/mol. The Morgan fingerprint density at radius 2 is 1.54 bits per heavy atom. The summed E-state index contributed by atoms with van der Waals surface area (Å²) in [6, 6.07) is 14.4. The minimum Gasteiger partial charge on any atom is -0.487 e. The number of hydrogen-bond acceptors (Lipinski definition) is 12. The molecular formula is C59H82N10O10S. The summed E-state index contributed by atoms with van der Waals surface area (Å²) in [5.74, 6) is -3.16. The first-order valence-corrected chi connectivity index (χ1v) is 29.3. The number of esters is 1. The van der Waals surface area contributed by atoms with Gasteiger partial charge in [-0.2, -0.15) is 0 Å². The number of rotatable bonds is 27. The number of amides is 5. The van der Waals surface area contributed by atoms with Gasteiger partial charge in [-0.05, 0) is 108 Å². The fourth-order valence-corrected chi connectivity index (χ4v) is 11.9. The highest BCUT2D eigenvalue weighted by atomic mass is 32.2. The number of aromatic nitrogens is 2. The number of likely N-dealkylation sites (tertiary alicyclic amines) is 1. The number of fused-ring (bicyclic) bond motifs is 1. The zero-order valence-corrected chi connectivity index (χ0v) is 48.7. The molecule has 5 amide bonds. The molecule has 4 aromatic rings. The summed E-state index contributed by atoms with van der Waals surface area (Å²) in [4.78, 5) is 94.3. The molecule has 7 N–H and O–H groups in total. The Hall–Kier alpha value is -7.29. The van der Waals surface area contributed by atoms with Crippen molar-refractivity contribution < 1.29 is 46.7 Å². The molecule has 434 valence electrons. The third-order valence-electron chi connectivity index (χ3n) is 14.7. The van der Waals surface area contributed by atoms with E-state index < -0.39 is 74.9 Å². The maximum absolute atomic E-state index is 14.6. The predicted molar refractivity (Wildman–Crippen MR) is 305 cm³/mol. The molecule has 2 aliphatic heterocycles. The van der Waals surface area contributed by atoms with E-state index in [0.717, 1.165) is 47.9 Å². The van der Waals surface area contributed by atoms with Crippen LogP contribution in [0.2, 0.25) is 0 Å². The SMILES string of the molecule is CCCCCCCC(=O)N[C@@H](CCCN=C(N)NS(=O)(=O)c1c(C)c(C)c2c(c1C)CC(C)(C)O2)C(=O)N1CCC[C@@H]1C(=O)NC(C)(C)C(=O)N[C@@H](Cc1cn(Cc2ccccc2)cn1)C(=O)N[C@@H](Cc1ccccc1)C(=O)OC. The van der Waals surface area contributed by atoms with Crippen molar-refractivity contribution in [2.45, 2.75) is 186 Å². The quantitative estimate of drug-likeness (QED) is 0.0192. The van der Waals surface area contributed by atoms with E-state index in [1.807, 2.05) is 86.0 Å². The maximum Gasteiger partial charge on any atom is 0.328 e. The van der Waals surface area contributed by atoms with Gasteiger partial charge in [-0.15, -0.1) is 0 Å². The van der Waals surface area contributed by atoms with E-state index in [1.165, 1.54) is 25.9 Å². The van der Waals surface area contributed by atoms with Crippen molar-refractivity contribution in [1.82, 2.24) is 40.4 Å². The van der Waals surface area contributed by atoms with Crippen LogP contribution in [0.1, 0.15) is 138 Å². The van der Waals surface area contributed by atoms with E-state index in [2.05, 4.69) is 42.9 Å². The van der Waals surface area contributed by atoms with Crippen LogP contribution in [-0.2, 0) is 69.3 Å². The molecule has 0 unspecified atom stereocenters. The van der Waals surface area contributed by atoms with E-state index in [4.69, 9.17) is 15.2 Å². The fraction of sp³-hybridized carbons (Fsp3) is 0.525. The Morgan fingerprint density at radius 3 is 2.21 bits per heavy atom. The number of ether oxygens (including phenoxy) is 2. The summed E-state index contributed by atoms with van der Waals surface area (Å²) in [6.07, 6.45) is 9.77. The van der Waals surface area contributed by atoms with Crippen LogP contribution in [-0.4, -0.2) is 120 Å². The molecule has 0 bridgehead atoms. The van der Waals surface area contributed by atoms with Gasteiger partial charge in [0, 0.05) is 57.1 Å². The topological polar surface area (TPSA) is 275 Å². The summed E-state index contributed by atoms with van der Waals surface area (Å²) < 4.78 is 43.2. The number of methoxy groups -OCH3 is 1. The number of nitrogens with zero attached hydrogens (tertiary/aromatic N) is 4. The van der Waals surface area contributed by atoms with Gasteiger partial charge in [0.1, 0.15) is 41.1 Å². The number of sulfonamides is 1. The Labute approximate surface area is 471 Å². The van der Waals surface area contributed by atoms with Crippen LogP contribution in [0.5, 0.6) is 5.75 Å². The summed E-state index contributed by atoms with van der Waals surface area (Å²) in [5, 5.41) is 11.3. The van der Waals surface area contributed by atoms with Gasteiger partial charge in [-0.25, -0.2) is 22.9 Å². The van der Waals surface area contributed by atoms with Crippen LogP contribution >= 0.6 is 0 Å². The van der Waals surface area contributed by atoms with Crippen LogP contribution in [0.15, 0.2) is 83.1 Å². The Morgan fingerprint density at radius 1 is 0.863 bits per heavy atom. The predicted octanol–water partition coefficient (Wildman–Crippen LogP) is 5.30. The van der Waals surface area contributed by atoms with Gasteiger partial charge in [0.25, 0.3) is 10.0 Å². The first kappa shape index (κ1) is 61.9. The molecule has 21 heteroatoms. The van der Waals surface area contributed by atoms with Gasteiger partial charge in [-0.1, -0.05) is 93.3 Å². The zero-order chi connectivity index (χ0) is 58.4. The Balaban J connectivity index is 1.14. The van der Waals surface area contributed by atoms with E-state index in [0.29, 0.717) is 48.4 Å². The van der Waals surface area contributed by atoms with Crippen LogP contribution in [0.25, 0.3) is 0 Å². The van der Waals surface area contributed by atoms with Crippen molar-refractivity contribution in [3.63, 3.8) is 0 Å². The normalized spacial score (nSPS) is 16.1. The lowest BCUT2D eigenvalue weighted by Gasteiger charge is -2.32. The third-order valence-corrected chi connectivity index (χ3v) is 16.4. The lowest BCUT2D eigenvalue weighted by Crippen LogP contribution is -2.62. The highest BCUT2D eigenvalue weighted by molar-refractivity contribution is 7.90. The first-order valence-electron chi connectivity index (χ1n) is 27.8. The number of carbonyl (C=O) groups excluding carboxylic acids is 6. The second kappa shape index (κ2) is 27.7. The number of hydrogen-bond donors (Lipinski definition) is 6. The van der Waals surface area contributed by atoms with Gasteiger partial charge in [-0.3, -0.25) is 29.0 Å². The lowest BCUT2D eigenvalue weighted by atomic mass is 9.94. The van der Waals surface area contributed by atoms with Gasteiger partial charge in [0.05, 0.1) is 24.0 Å². The average molecular weight is 1120 g/mol. The highest BCUT2D eigenvalue weighted by Gasteiger charge is 2.42. The number of unbranched alkanes of at least 4 members (excludes halogenated alkanes) is 4. The van der Waals surface area contributed by atoms with Crippen molar-refractivity contribution in [3.05, 3.63) is 112 Å². The molecular weight excluding hydrogens is 1040 g/mol. The molecule has 0 radical (unpaired) electrons. The lowest BCUT2D eigenvalue weighted by molar-refractivity contribution is -0.145. The number of benzene rings is 3. The molecule has 3 heterocycles. The molecule has 1 fully saturated rings. The molecule has 1 saturated heterocycles. The molecule has 80 heavy (non-hydrogen) atoms. The second-order valence-electron chi connectivity index (χ2n) is 22.2. The van der Waals surface area contributed by atoms with Crippen molar-refractivity contribution in [3.8, 4) is 5.75 Å². The van der Waals surface area contributed by atoms with E-state index in [9.17, 15) is 37.2 Å². The number of imidazole rings is 1. The smallest absolute Gasteiger partial charge is 0.328 e. The standard InChI is InChI=1S/C59H82N10O10S/c1-10-11-12-13-20-29-49(70)63-45(27-21-30-61-57(60)67-80(76,77)51-39(3)38(2)50-44(40(51)4)34-58(5,6)79-50)54(73)69-31-22-28-48(69)53(72)66-59(7,8)56(75)65-46(33-43-36-68(37-62-43)35-42-25-18-15-19-26-42)52(71)64-47(55(74)78-9)32-41-23-16-14-17-24-41/h14-19,23-26,36-37,45-48H,10-13,20-22,27-35H2,1-9H3,(H,63,70)(H,64,71)(H,65,75)(H,66,72)(H3,60,61,67)/t45-,46-,47-,48+/m0/s1. The molecule has 4 atom stereocenters. The molecule has 0 aliphatic carbocycles. The van der Waals surface area contributed by atoms with Crippen LogP contribution in [0, 0.1) is 20.8 Å². The molecule has 0 spiro atoms. The highest BCUT2D eigenvalue weighted by Crippen LogP contribution is 2.43. The zero-order valence-electron chi connectivity index (χ0n) is 47.9. The molecule has 1 aromatic heterocycles. The Kier molecular flexibility index (Phi) is 21.5. The van der Waals surface area contributed by atoms with E-state index >= 15 is 0 Å². The number of aliphatic imine (C=N–C) groups is 1. The number of nitrogens with one attached hydrogen (secondary N) is 5. The van der Waals surface area contributed by atoms with Crippen molar-refractivity contribution in [1.29, 1.82) is 0 Å². The minimum absolute atomic E-state index is 0.00636. The van der Waals surface area contributed by atoms with Gasteiger partial charge < -0.3 is 45.9 Å². The van der Waals surface area contributed by atoms with Gasteiger partial charge in [0.2, 0.25) is 35.5 Å². The van der Waals surface area contributed by atoms with Crippen molar-refractivity contribution in [2.75, 3.05) is 20.2 Å². The maximum atomic E-state index is 14.6. The van der Waals surface area contributed by atoms with E-state index in [-0.39, 0.29) is 68.4 Å². The summed E-state index contributed by atoms with van der Waals surface area (Å²) in [6.45, 7) is 15.0. The summed E-state index contributed by atoms with van der Waals surface area (Å²) in [5.41, 5.74) is 9.01. The molecule has 2 aliphatic rings. The van der Waals surface area contributed by atoms with Gasteiger partial charge >= 0.3 is 5.97 Å². The van der Waals surface area contributed by atoms with E-state index in [1.54, 1.807) is 26.4 Å². The fourth-order valence-electron chi connectivity index (χ4n) is 10.3. The van der Waals surface area contributed by atoms with Crippen LogP contribution in [0.4, 0.5) is 0 Å². The largest absolute Gasteiger partial charge is 0.487 e. The molecule has 0 saturated carbocycles. The molecule has 3 aromatic carbocycles. The van der Waals surface area contributed by atoms with Crippen molar-refractivity contribution in [2.24, 2.45) is 10.7 Å². The second-order valence-corrected chi connectivity index (χ2v) is 23.8.